The number of esters is 1. The molecule has 24 heavy (non-hydrogen) atoms. The smallest absolute Gasteiger partial charge is 0.309 e. The minimum Gasteiger partial charge on any atom is -0.481 e. The van der Waals surface area contributed by atoms with Gasteiger partial charge in [0.2, 0.25) is 0 Å². The van der Waals surface area contributed by atoms with Gasteiger partial charge in [0.25, 0.3) is 0 Å². The van der Waals surface area contributed by atoms with Gasteiger partial charge in [-0.1, -0.05) is 51.4 Å². The summed E-state index contributed by atoms with van der Waals surface area (Å²) in [5, 5.41) is 9.13. The zero-order valence-corrected chi connectivity index (χ0v) is 15.3. The van der Waals surface area contributed by atoms with Crippen LogP contribution in [-0.2, 0) is 14.3 Å². The van der Waals surface area contributed by atoms with E-state index in [1.165, 1.54) is 71.3 Å². The molecule has 0 aromatic carbocycles. The van der Waals surface area contributed by atoms with Crippen LogP contribution in [0.25, 0.3) is 0 Å². The predicted octanol–water partition coefficient (Wildman–Crippen LogP) is 5.10. The molecule has 138 valence electrons. The second kappa shape index (κ2) is 8.87. The Labute approximate surface area is 146 Å². The van der Waals surface area contributed by atoms with Gasteiger partial charge in [0.15, 0.2) is 0 Å². The number of methoxy groups -OCH3 is 1. The van der Waals surface area contributed by atoms with Crippen molar-refractivity contribution in [3.8, 4) is 0 Å². The molecule has 0 heterocycles. The number of hydrogen-bond acceptors (Lipinski definition) is 3. The standard InChI is InChI=1S/C20H34O4/c1-24-17(21)16-19(12-13-19)10-8-6-4-2-3-5-7-9-11-20(14-15-20)18(22)23/h2-16H2,1H3,(H,22,23). The molecule has 2 rings (SSSR count). The molecule has 0 bridgehead atoms. The molecule has 0 atom stereocenters. The van der Waals surface area contributed by atoms with Gasteiger partial charge >= 0.3 is 11.9 Å². The molecule has 2 aliphatic rings. The average Bonchev–Trinajstić information content (AvgIpc) is 3.46. The summed E-state index contributed by atoms with van der Waals surface area (Å²) >= 11 is 0. The first-order chi connectivity index (χ1) is 11.5. The molecule has 1 N–H and O–H groups in total. The maximum atomic E-state index is 11.4. The Morgan fingerprint density at radius 2 is 1.33 bits per heavy atom. The van der Waals surface area contributed by atoms with E-state index in [0.29, 0.717) is 6.42 Å². The summed E-state index contributed by atoms with van der Waals surface area (Å²) in [6.45, 7) is 0. The van der Waals surface area contributed by atoms with Gasteiger partial charge in [-0.15, -0.1) is 0 Å². The van der Waals surface area contributed by atoms with Crippen molar-refractivity contribution in [2.45, 2.75) is 96.3 Å². The summed E-state index contributed by atoms with van der Waals surface area (Å²) < 4.78 is 4.78. The highest BCUT2D eigenvalue weighted by Gasteiger charge is 2.49. The van der Waals surface area contributed by atoms with E-state index < -0.39 is 5.97 Å². The summed E-state index contributed by atoms with van der Waals surface area (Å²) in [5.41, 5.74) is -0.0427. The van der Waals surface area contributed by atoms with Crippen molar-refractivity contribution in [3.05, 3.63) is 0 Å². The molecule has 0 amide bonds. The number of carboxylic acid groups (broad SMARTS) is 1. The van der Waals surface area contributed by atoms with Crippen LogP contribution in [0.5, 0.6) is 0 Å². The van der Waals surface area contributed by atoms with Gasteiger partial charge < -0.3 is 9.84 Å². The minimum absolute atomic E-state index is 0.0524. The molecule has 4 nitrogen and oxygen atoms in total. The monoisotopic (exact) mass is 338 g/mol. The normalized spacial score (nSPS) is 19.7. The Hall–Kier alpha value is -1.06. The Bertz CT molecular complexity index is 421. The van der Waals surface area contributed by atoms with Crippen molar-refractivity contribution in [3.63, 3.8) is 0 Å². The van der Waals surface area contributed by atoms with E-state index in [1.54, 1.807) is 0 Å². The van der Waals surface area contributed by atoms with Crippen molar-refractivity contribution in [1.82, 2.24) is 0 Å². The van der Waals surface area contributed by atoms with E-state index in [-0.39, 0.29) is 16.8 Å². The Morgan fingerprint density at radius 1 is 0.833 bits per heavy atom. The Balaban J connectivity index is 1.37. The highest BCUT2D eigenvalue weighted by Crippen LogP contribution is 2.53. The fourth-order valence-electron chi connectivity index (χ4n) is 3.82. The van der Waals surface area contributed by atoms with Gasteiger partial charge in [-0.3, -0.25) is 9.59 Å². The summed E-state index contributed by atoms with van der Waals surface area (Å²) in [6, 6.07) is 0. The zero-order chi connectivity index (χ0) is 17.5. The number of aliphatic carboxylic acids is 1. The van der Waals surface area contributed by atoms with Crippen molar-refractivity contribution < 1.29 is 19.4 Å². The van der Waals surface area contributed by atoms with E-state index in [9.17, 15) is 9.59 Å². The van der Waals surface area contributed by atoms with Gasteiger partial charge in [0, 0.05) is 0 Å². The van der Waals surface area contributed by atoms with Crippen LogP contribution in [0, 0.1) is 10.8 Å². The van der Waals surface area contributed by atoms with Crippen LogP contribution in [0.15, 0.2) is 0 Å². The zero-order valence-electron chi connectivity index (χ0n) is 15.3. The maximum absolute atomic E-state index is 11.4. The fourth-order valence-corrected chi connectivity index (χ4v) is 3.82. The van der Waals surface area contributed by atoms with Crippen LogP contribution in [0.2, 0.25) is 0 Å². The number of unbranched alkanes of at least 4 members (excludes halogenated alkanes) is 7. The lowest BCUT2D eigenvalue weighted by molar-refractivity contribution is -0.144. The van der Waals surface area contributed by atoms with Crippen LogP contribution in [0.4, 0.5) is 0 Å². The van der Waals surface area contributed by atoms with Crippen molar-refractivity contribution in [2.24, 2.45) is 10.8 Å². The molecule has 2 fully saturated rings. The summed E-state index contributed by atoms with van der Waals surface area (Å²) in [5.74, 6) is -0.633. The molecule has 0 aromatic heterocycles. The highest BCUT2D eigenvalue weighted by atomic mass is 16.5. The van der Waals surface area contributed by atoms with Crippen LogP contribution < -0.4 is 0 Å². The van der Waals surface area contributed by atoms with E-state index >= 15 is 0 Å². The molecular formula is C20H34O4. The largest absolute Gasteiger partial charge is 0.481 e. The molecule has 2 saturated carbocycles. The lowest BCUT2D eigenvalue weighted by Gasteiger charge is -2.13. The maximum Gasteiger partial charge on any atom is 0.309 e. The van der Waals surface area contributed by atoms with Gasteiger partial charge in [0.05, 0.1) is 18.9 Å². The topological polar surface area (TPSA) is 63.6 Å². The second-order valence-corrected chi connectivity index (χ2v) is 8.17. The fraction of sp³-hybridized carbons (Fsp3) is 0.900. The van der Waals surface area contributed by atoms with Gasteiger partial charge in [-0.25, -0.2) is 0 Å². The summed E-state index contributed by atoms with van der Waals surface area (Å²) in [4.78, 5) is 22.5. The average molecular weight is 338 g/mol. The molecule has 0 radical (unpaired) electrons. The Morgan fingerprint density at radius 3 is 1.75 bits per heavy atom. The molecular weight excluding hydrogens is 304 g/mol. The van der Waals surface area contributed by atoms with E-state index in [2.05, 4.69) is 0 Å². The third-order valence-electron chi connectivity index (χ3n) is 6.12. The summed E-state index contributed by atoms with van der Waals surface area (Å²) in [7, 11) is 1.48. The lowest BCUT2D eigenvalue weighted by Crippen LogP contribution is -2.14. The molecule has 0 saturated heterocycles. The third-order valence-corrected chi connectivity index (χ3v) is 6.12. The van der Waals surface area contributed by atoms with E-state index in [0.717, 1.165) is 25.7 Å². The van der Waals surface area contributed by atoms with Crippen LogP contribution in [0.3, 0.4) is 0 Å². The minimum atomic E-state index is -0.580. The van der Waals surface area contributed by atoms with Crippen molar-refractivity contribution in [2.75, 3.05) is 7.11 Å². The first-order valence-corrected chi connectivity index (χ1v) is 9.82. The molecule has 0 unspecified atom stereocenters. The third kappa shape index (κ3) is 6.10. The van der Waals surface area contributed by atoms with Crippen molar-refractivity contribution >= 4 is 11.9 Å². The first kappa shape index (κ1) is 19.3. The van der Waals surface area contributed by atoms with Crippen molar-refractivity contribution in [1.29, 1.82) is 0 Å². The number of carboxylic acids is 1. The van der Waals surface area contributed by atoms with Gasteiger partial charge in [-0.05, 0) is 43.9 Å². The molecule has 2 aliphatic carbocycles. The number of rotatable bonds is 14. The number of carbonyl (C=O) groups excluding carboxylic acids is 1. The molecule has 0 aromatic rings. The first-order valence-electron chi connectivity index (χ1n) is 9.82. The number of carbonyl (C=O) groups is 2. The summed E-state index contributed by atoms with van der Waals surface area (Å²) in [6.07, 6.45) is 16.7. The predicted molar refractivity (Wildman–Crippen MR) is 93.8 cm³/mol. The SMILES string of the molecule is COC(=O)CC1(CCCCCCCCCCC2(C(=O)O)CC2)CC1. The van der Waals surface area contributed by atoms with E-state index in [1.807, 2.05) is 0 Å². The quantitative estimate of drug-likeness (QED) is 0.354. The van der Waals surface area contributed by atoms with E-state index in [4.69, 9.17) is 9.84 Å². The molecule has 0 spiro atoms. The van der Waals surface area contributed by atoms with Crippen LogP contribution >= 0.6 is 0 Å². The number of hydrogen-bond donors (Lipinski definition) is 1. The van der Waals surface area contributed by atoms with Gasteiger partial charge in [-0.2, -0.15) is 0 Å². The van der Waals surface area contributed by atoms with Gasteiger partial charge in [0.1, 0.15) is 0 Å². The molecule has 4 heteroatoms. The van der Waals surface area contributed by atoms with Crippen LogP contribution in [0.1, 0.15) is 96.3 Å². The highest BCUT2D eigenvalue weighted by molar-refractivity contribution is 5.77. The second-order valence-electron chi connectivity index (χ2n) is 8.17. The number of ether oxygens (including phenoxy) is 1. The molecule has 0 aliphatic heterocycles. The van der Waals surface area contributed by atoms with Crippen LogP contribution in [-0.4, -0.2) is 24.2 Å². The Kier molecular flexibility index (Phi) is 7.12. The lowest BCUT2D eigenvalue weighted by atomic mass is 9.94.